The molecule has 106 valence electrons. The fourth-order valence-corrected chi connectivity index (χ4v) is 3.11. The maximum Gasteiger partial charge on any atom is 0.122 e. The summed E-state index contributed by atoms with van der Waals surface area (Å²) in [6.45, 7) is 4.59. The molecule has 0 fully saturated rings. The molecule has 1 aromatic heterocycles. The average molecular weight is 338 g/mol. The molecule has 0 spiro atoms. The highest BCUT2D eigenvalue weighted by Crippen LogP contribution is 2.31. The van der Waals surface area contributed by atoms with E-state index in [0.29, 0.717) is 0 Å². The second kappa shape index (κ2) is 5.54. The molecule has 0 aliphatic carbocycles. The van der Waals surface area contributed by atoms with Crippen LogP contribution < -0.4 is 4.74 Å². The second-order valence-corrected chi connectivity index (χ2v) is 5.86. The van der Waals surface area contributed by atoms with Gasteiger partial charge in [-0.3, -0.25) is 4.90 Å². The van der Waals surface area contributed by atoms with Gasteiger partial charge >= 0.3 is 0 Å². The molecule has 0 unspecified atom stereocenters. The van der Waals surface area contributed by atoms with E-state index >= 15 is 0 Å². The Morgan fingerprint density at radius 1 is 1.40 bits per heavy atom. The third-order valence-electron chi connectivity index (χ3n) is 3.70. The monoisotopic (exact) mass is 337 g/mol. The van der Waals surface area contributed by atoms with Crippen LogP contribution in [0.1, 0.15) is 22.5 Å². The molecule has 0 bridgehead atoms. The van der Waals surface area contributed by atoms with E-state index in [9.17, 15) is 0 Å². The van der Waals surface area contributed by atoms with Crippen molar-refractivity contribution in [3.8, 4) is 5.75 Å². The molecule has 1 aliphatic heterocycles. The number of hydrogen-bond acceptors (Lipinski definition) is 5. The van der Waals surface area contributed by atoms with Gasteiger partial charge in [0.15, 0.2) is 0 Å². The smallest absolute Gasteiger partial charge is 0.122 e. The molecule has 0 atom stereocenters. The molecular formula is C14H16BrN3O2. The van der Waals surface area contributed by atoms with Crippen LogP contribution in [0.3, 0.4) is 0 Å². The number of rotatable bonds is 3. The van der Waals surface area contributed by atoms with E-state index in [2.05, 4.69) is 37.2 Å². The third kappa shape index (κ3) is 2.58. The maximum atomic E-state index is 5.31. The number of fused-ring (bicyclic) bond motifs is 1. The highest BCUT2D eigenvalue weighted by Gasteiger charge is 2.21. The zero-order valence-electron chi connectivity index (χ0n) is 11.5. The highest BCUT2D eigenvalue weighted by molar-refractivity contribution is 9.10. The van der Waals surface area contributed by atoms with E-state index in [1.165, 1.54) is 11.1 Å². The van der Waals surface area contributed by atoms with Gasteiger partial charge in [-0.05, 0) is 36.6 Å². The molecule has 0 amide bonds. The second-order valence-electron chi connectivity index (χ2n) is 5.00. The SMILES string of the molecule is COc1cc(Br)c2c(c1)CCN(Cc1nonc1C)C2. The van der Waals surface area contributed by atoms with Crippen molar-refractivity contribution in [3.05, 3.63) is 39.1 Å². The van der Waals surface area contributed by atoms with Crippen molar-refractivity contribution in [3.63, 3.8) is 0 Å². The minimum atomic E-state index is 0.771. The van der Waals surface area contributed by atoms with Crippen LogP contribution in [0.2, 0.25) is 0 Å². The number of nitrogens with zero attached hydrogens (tertiary/aromatic N) is 3. The van der Waals surface area contributed by atoms with Crippen molar-refractivity contribution in [2.24, 2.45) is 0 Å². The molecule has 0 saturated heterocycles. The first-order valence-electron chi connectivity index (χ1n) is 6.53. The number of halogens is 1. The maximum absolute atomic E-state index is 5.31. The molecule has 6 heteroatoms. The first kappa shape index (κ1) is 13.6. The molecule has 3 rings (SSSR count). The fraction of sp³-hybridized carbons (Fsp3) is 0.429. The van der Waals surface area contributed by atoms with Gasteiger partial charge in [-0.1, -0.05) is 26.2 Å². The summed E-state index contributed by atoms with van der Waals surface area (Å²) in [6, 6.07) is 4.14. The molecule has 0 radical (unpaired) electrons. The normalized spacial score (nSPS) is 15.2. The van der Waals surface area contributed by atoms with Gasteiger partial charge in [-0.25, -0.2) is 4.63 Å². The summed E-state index contributed by atoms with van der Waals surface area (Å²) in [6.07, 6.45) is 1.01. The summed E-state index contributed by atoms with van der Waals surface area (Å²) in [7, 11) is 1.70. The standard InChI is InChI=1S/C14H16BrN3O2/c1-9-14(17-20-16-9)8-18-4-3-10-5-11(19-2)6-13(15)12(10)7-18/h5-6H,3-4,7-8H2,1-2H3. The highest BCUT2D eigenvalue weighted by atomic mass is 79.9. The summed E-state index contributed by atoms with van der Waals surface area (Å²) in [5.41, 5.74) is 4.45. The quantitative estimate of drug-likeness (QED) is 0.861. The molecule has 20 heavy (non-hydrogen) atoms. The van der Waals surface area contributed by atoms with Gasteiger partial charge in [0, 0.05) is 24.1 Å². The Balaban J connectivity index is 1.80. The van der Waals surface area contributed by atoms with Gasteiger partial charge < -0.3 is 4.74 Å². The number of methoxy groups -OCH3 is 1. The van der Waals surface area contributed by atoms with Crippen molar-refractivity contribution in [2.75, 3.05) is 13.7 Å². The van der Waals surface area contributed by atoms with Gasteiger partial charge in [0.05, 0.1) is 7.11 Å². The van der Waals surface area contributed by atoms with Gasteiger partial charge in [0.25, 0.3) is 0 Å². The van der Waals surface area contributed by atoms with Gasteiger partial charge in [0.1, 0.15) is 17.1 Å². The molecule has 2 aromatic rings. The van der Waals surface area contributed by atoms with Crippen molar-refractivity contribution in [1.82, 2.24) is 15.2 Å². The van der Waals surface area contributed by atoms with Crippen molar-refractivity contribution in [1.29, 1.82) is 0 Å². The van der Waals surface area contributed by atoms with E-state index < -0.39 is 0 Å². The predicted octanol–water partition coefficient (Wildman–Crippen LogP) is 2.71. The van der Waals surface area contributed by atoms with E-state index in [0.717, 1.165) is 47.7 Å². The van der Waals surface area contributed by atoms with Crippen LogP contribution in [0, 0.1) is 6.92 Å². The summed E-state index contributed by atoms with van der Waals surface area (Å²) in [5.74, 6) is 0.903. The lowest BCUT2D eigenvalue weighted by molar-refractivity contribution is 0.232. The largest absolute Gasteiger partial charge is 0.497 e. The van der Waals surface area contributed by atoms with Crippen LogP contribution in [0.25, 0.3) is 0 Å². The number of ether oxygens (including phenoxy) is 1. The van der Waals surface area contributed by atoms with E-state index in [1.807, 2.05) is 13.0 Å². The van der Waals surface area contributed by atoms with Crippen LogP contribution >= 0.6 is 15.9 Å². The van der Waals surface area contributed by atoms with Crippen LogP contribution in [0.4, 0.5) is 0 Å². The Hall–Kier alpha value is -1.40. The third-order valence-corrected chi connectivity index (χ3v) is 4.40. The fourth-order valence-electron chi connectivity index (χ4n) is 2.50. The topological polar surface area (TPSA) is 51.4 Å². The zero-order chi connectivity index (χ0) is 14.1. The Labute approximate surface area is 126 Å². The van der Waals surface area contributed by atoms with E-state index in [4.69, 9.17) is 9.37 Å². The minimum Gasteiger partial charge on any atom is -0.497 e. The molecule has 1 aromatic carbocycles. The lowest BCUT2D eigenvalue weighted by Crippen LogP contribution is -2.30. The average Bonchev–Trinajstić information content (AvgIpc) is 2.85. The summed E-state index contributed by atoms with van der Waals surface area (Å²) in [4.78, 5) is 2.35. The summed E-state index contributed by atoms with van der Waals surface area (Å²) < 4.78 is 11.2. The van der Waals surface area contributed by atoms with Crippen LogP contribution in [0.15, 0.2) is 21.2 Å². The van der Waals surface area contributed by atoms with Crippen molar-refractivity contribution >= 4 is 15.9 Å². The Kier molecular flexibility index (Phi) is 3.76. The van der Waals surface area contributed by atoms with Gasteiger partial charge in [0.2, 0.25) is 0 Å². The number of hydrogen-bond donors (Lipinski definition) is 0. The minimum absolute atomic E-state index is 0.771. The van der Waals surface area contributed by atoms with Gasteiger partial charge in [-0.15, -0.1) is 0 Å². The lowest BCUT2D eigenvalue weighted by atomic mass is 9.99. The first-order chi connectivity index (χ1) is 9.67. The number of aryl methyl sites for hydroxylation is 1. The molecular weight excluding hydrogens is 322 g/mol. The Morgan fingerprint density at radius 3 is 2.95 bits per heavy atom. The lowest BCUT2D eigenvalue weighted by Gasteiger charge is -2.29. The molecule has 0 saturated carbocycles. The Bertz CT molecular complexity index is 627. The molecule has 0 N–H and O–H groups in total. The van der Waals surface area contributed by atoms with Crippen molar-refractivity contribution < 1.29 is 9.37 Å². The van der Waals surface area contributed by atoms with E-state index in [1.54, 1.807) is 7.11 Å². The van der Waals surface area contributed by atoms with E-state index in [-0.39, 0.29) is 0 Å². The molecule has 2 heterocycles. The number of benzene rings is 1. The van der Waals surface area contributed by atoms with Crippen molar-refractivity contribution in [2.45, 2.75) is 26.4 Å². The summed E-state index contributed by atoms with van der Waals surface area (Å²) in [5, 5.41) is 7.78. The number of aromatic nitrogens is 2. The molecule has 1 aliphatic rings. The summed E-state index contributed by atoms with van der Waals surface area (Å²) >= 11 is 3.64. The first-order valence-corrected chi connectivity index (χ1v) is 7.32. The van der Waals surface area contributed by atoms with Gasteiger partial charge in [-0.2, -0.15) is 0 Å². The van der Waals surface area contributed by atoms with Crippen LogP contribution in [-0.4, -0.2) is 28.9 Å². The molecule has 5 nitrogen and oxygen atoms in total. The predicted molar refractivity (Wildman–Crippen MR) is 77.5 cm³/mol. The zero-order valence-corrected chi connectivity index (χ0v) is 13.1. The van der Waals surface area contributed by atoms with Crippen LogP contribution in [-0.2, 0) is 19.5 Å². The van der Waals surface area contributed by atoms with Crippen LogP contribution in [0.5, 0.6) is 5.75 Å². The Morgan fingerprint density at radius 2 is 2.25 bits per heavy atom.